The van der Waals surface area contributed by atoms with E-state index in [1.54, 1.807) is 42.5 Å². The normalized spacial score (nSPS) is 11.8. The van der Waals surface area contributed by atoms with Gasteiger partial charge in [0.25, 0.3) is 10.0 Å². The highest BCUT2D eigenvalue weighted by atomic mass is 32.2. The first-order valence-electron chi connectivity index (χ1n) is 13.7. The molecule has 0 aliphatic rings. The molecule has 0 radical (unpaired) electrons. The molecule has 9 heteroatoms. The van der Waals surface area contributed by atoms with Gasteiger partial charge >= 0.3 is 0 Å². The molecule has 0 unspecified atom stereocenters. The van der Waals surface area contributed by atoms with Gasteiger partial charge in [0.1, 0.15) is 18.3 Å². The Bertz CT molecular complexity index is 1570. The number of amides is 2. The Kier molecular flexibility index (Phi) is 10.3. The Morgan fingerprint density at radius 2 is 1.40 bits per heavy atom. The highest BCUT2D eigenvalue weighted by molar-refractivity contribution is 7.92. The zero-order valence-corrected chi connectivity index (χ0v) is 24.5. The minimum absolute atomic E-state index is 0.0415. The number of benzene rings is 4. The number of rotatable bonds is 13. The third-order valence-corrected chi connectivity index (χ3v) is 8.56. The van der Waals surface area contributed by atoms with Crippen LogP contribution < -0.4 is 14.4 Å². The van der Waals surface area contributed by atoms with E-state index in [9.17, 15) is 18.0 Å². The molecule has 0 saturated heterocycles. The second-order valence-electron chi connectivity index (χ2n) is 9.63. The molecule has 4 rings (SSSR count). The number of hydrogen-bond acceptors (Lipinski definition) is 5. The Morgan fingerprint density at radius 3 is 2.00 bits per heavy atom. The SMILES string of the molecule is CCNC(=O)[C@@H](Cc1ccccc1)N(Cc1ccccc1)C(=O)CN(c1cccc(OC)c1)S(=O)(=O)c1ccccc1. The molecule has 1 atom stereocenters. The molecule has 2 amide bonds. The lowest BCUT2D eigenvalue weighted by atomic mass is 10.0. The van der Waals surface area contributed by atoms with Crippen molar-refractivity contribution in [2.45, 2.75) is 30.8 Å². The highest BCUT2D eigenvalue weighted by Gasteiger charge is 2.34. The molecule has 0 heterocycles. The van der Waals surface area contributed by atoms with Crippen LogP contribution in [-0.4, -0.2) is 51.4 Å². The summed E-state index contributed by atoms with van der Waals surface area (Å²) in [6, 6.07) is 32.4. The number of ether oxygens (including phenoxy) is 1. The lowest BCUT2D eigenvalue weighted by molar-refractivity contribution is -0.140. The van der Waals surface area contributed by atoms with Crippen molar-refractivity contribution in [2.75, 3.05) is 24.5 Å². The predicted molar refractivity (Wildman–Crippen MR) is 164 cm³/mol. The van der Waals surface area contributed by atoms with Crippen molar-refractivity contribution < 1.29 is 22.7 Å². The van der Waals surface area contributed by atoms with Gasteiger partial charge in [-0.05, 0) is 42.3 Å². The van der Waals surface area contributed by atoms with E-state index in [0.29, 0.717) is 12.3 Å². The van der Waals surface area contributed by atoms with Crippen molar-refractivity contribution in [1.82, 2.24) is 10.2 Å². The van der Waals surface area contributed by atoms with Crippen LogP contribution in [0.5, 0.6) is 5.75 Å². The first kappa shape index (κ1) is 30.3. The van der Waals surface area contributed by atoms with Crippen LogP contribution in [0.3, 0.4) is 0 Å². The molecule has 0 aromatic heterocycles. The Hall–Kier alpha value is -4.63. The average molecular weight is 586 g/mol. The molecule has 0 bridgehead atoms. The smallest absolute Gasteiger partial charge is 0.264 e. The van der Waals surface area contributed by atoms with Crippen LogP contribution in [0.4, 0.5) is 5.69 Å². The summed E-state index contributed by atoms with van der Waals surface area (Å²) < 4.78 is 34.4. The molecule has 218 valence electrons. The minimum atomic E-state index is -4.17. The first-order chi connectivity index (χ1) is 20.3. The third-order valence-electron chi connectivity index (χ3n) is 6.77. The van der Waals surface area contributed by atoms with Crippen LogP contribution in [0.25, 0.3) is 0 Å². The van der Waals surface area contributed by atoms with Crippen LogP contribution in [0, 0.1) is 0 Å². The van der Waals surface area contributed by atoms with Crippen molar-refractivity contribution in [3.05, 3.63) is 126 Å². The van der Waals surface area contributed by atoms with Crippen LogP contribution in [0.15, 0.2) is 120 Å². The van der Waals surface area contributed by atoms with Crippen molar-refractivity contribution in [3.63, 3.8) is 0 Å². The Balaban J connectivity index is 1.79. The minimum Gasteiger partial charge on any atom is -0.497 e. The summed E-state index contributed by atoms with van der Waals surface area (Å²) in [5.41, 5.74) is 1.96. The quantitative estimate of drug-likeness (QED) is 0.246. The van der Waals surface area contributed by atoms with Crippen LogP contribution >= 0.6 is 0 Å². The fourth-order valence-electron chi connectivity index (χ4n) is 4.64. The van der Waals surface area contributed by atoms with E-state index >= 15 is 0 Å². The van der Waals surface area contributed by atoms with E-state index < -0.39 is 28.5 Å². The second-order valence-corrected chi connectivity index (χ2v) is 11.5. The molecule has 0 fully saturated rings. The number of nitrogens with one attached hydrogen (secondary N) is 1. The topological polar surface area (TPSA) is 96.0 Å². The van der Waals surface area contributed by atoms with Crippen molar-refractivity contribution in [3.8, 4) is 5.75 Å². The Labute approximate surface area is 247 Å². The van der Waals surface area contributed by atoms with Gasteiger partial charge in [-0.15, -0.1) is 0 Å². The van der Waals surface area contributed by atoms with E-state index in [0.717, 1.165) is 15.4 Å². The molecule has 42 heavy (non-hydrogen) atoms. The number of anilines is 1. The van der Waals surface area contributed by atoms with E-state index in [2.05, 4.69) is 5.32 Å². The fourth-order valence-corrected chi connectivity index (χ4v) is 6.07. The van der Waals surface area contributed by atoms with Crippen molar-refractivity contribution in [2.24, 2.45) is 0 Å². The van der Waals surface area contributed by atoms with Gasteiger partial charge in [0.05, 0.1) is 17.7 Å². The van der Waals surface area contributed by atoms with E-state index in [1.165, 1.54) is 24.1 Å². The van der Waals surface area contributed by atoms with E-state index in [1.807, 2.05) is 67.6 Å². The second kappa shape index (κ2) is 14.3. The van der Waals surface area contributed by atoms with Gasteiger partial charge in [-0.2, -0.15) is 0 Å². The number of hydrogen-bond donors (Lipinski definition) is 1. The third kappa shape index (κ3) is 7.55. The van der Waals surface area contributed by atoms with Gasteiger partial charge in [0.2, 0.25) is 11.8 Å². The van der Waals surface area contributed by atoms with Gasteiger partial charge in [-0.3, -0.25) is 13.9 Å². The van der Waals surface area contributed by atoms with Crippen molar-refractivity contribution >= 4 is 27.5 Å². The molecule has 0 aliphatic heterocycles. The number of methoxy groups -OCH3 is 1. The van der Waals surface area contributed by atoms with Gasteiger partial charge in [0.15, 0.2) is 0 Å². The maximum atomic E-state index is 14.3. The Morgan fingerprint density at radius 1 is 0.810 bits per heavy atom. The summed E-state index contributed by atoms with van der Waals surface area (Å²) in [6.45, 7) is 1.79. The van der Waals surface area contributed by atoms with Crippen LogP contribution in [0.2, 0.25) is 0 Å². The van der Waals surface area contributed by atoms with Gasteiger partial charge in [-0.1, -0.05) is 84.9 Å². The molecule has 4 aromatic carbocycles. The summed E-state index contributed by atoms with van der Waals surface area (Å²) in [7, 11) is -2.68. The largest absolute Gasteiger partial charge is 0.497 e. The summed E-state index contributed by atoms with van der Waals surface area (Å²) in [6.07, 6.45) is 0.260. The van der Waals surface area contributed by atoms with Crippen LogP contribution in [0.1, 0.15) is 18.1 Å². The lowest BCUT2D eigenvalue weighted by Gasteiger charge is -2.33. The van der Waals surface area contributed by atoms with Gasteiger partial charge in [-0.25, -0.2) is 8.42 Å². The predicted octanol–water partition coefficient (Wildman–Crippen LogP) is 4.67. The monoisotopic (exact) mass is 585 g/mol. The molecule has 1 N–H and O–H groups in total. The lowest BCUT2D eigenvalue weighted by Crippen LogP contribution is -2.53. The maximum Gasteiger partial charge on any atom is 0.264 e. The zero-order chi connectivity index (χ0) is 30.0. The molecule has 0 spiro atoms. The standard InChI is InChI=1S/C33H35N3O5S/c1-3-34-33(38)31(22-26-14-7-4-8-15-26)35(24-27-16-9-5-10-17-27)32(37)25-36(28-18-13-19-29(23-28)41-2)42(39,40)30-20-11-6-12-21-30/h4-21,23,31H,3,22,24-25H2,1-2H3,(H,34,38)/t31-/m1/s1. The summed E-state index contributed by atoms with van der Waals surface area (Å²) >= 11 is 0. The van der Waals surface area contributed by atoms with Gasteiger partial charge in [0, 0.05) is 25.6 Å². The average Bonchev–Trinajstić information content (AvgIpc) is 3.03. The summed E-state index contributed by atoms with van der Waals surface area (Å²) in [5.74, 6) is -0.392. The van der Waals surface area contributed by atoms with E-state index in [-0.39, 0.29) is 29.5 Å². The number of carbonyl (C=O) groups is 2. The summed E-state index contributed by atoms with van der Waals surface area (Å²) in [5, 5.41) is 2.86. The van der Waals surface area contributed by atoms with Crippen molar-refractivity contribution in [1.29, 1.82) is 0 Å². The van der Waals surface area contributed by atoms with Gasteiger partial charge < -0.3 is 15.0 Å². The van der Waals surface area contributed by atoms with Crippen LogP contribution in [-0.2, 0) is 32.6 Å². The fraction of sp³-hybridized carbons (Fsp3) is 0.212. The number of carbonyl (C=O) groups excluding carboxylic acids is 2. The molecule has 4 aromatic rings. The highest BCUT2D eigenvalue weighted by Crippen LogP contribution is 2.28. The molecule has 0 saturated carbocycles. The molecule has 8 nitrogen and oxygen atoms in total. The number of likely N-dealkylation sites (N-methyl/N-ethyl adjacent to an activating group) is 1. The first-order valence-corrected chi connectivity index (χ1v) is 15.1. The molecular weight excluding hydrogens is 550 g/mol. The molecule has 0 aliphatic carbocycles. The zero-order valence-electron chi connectivity index (χ0n) is 23.7. The van der Waals surface area contributed by atoms with E-state index in [4.69, 9.17) is 4.74 Å². The molecular formula is C33H35N3O5S. The maximum absolute atomic E-state index is 14.3. The summed E-state index contributed by atoms with van der Waals surface area (Å²) in [4.78, 5) is 29.3. The number of sulfonamides is 1. The number of nitrogens with zero attached hydrogens (tertiary/aromatic N) is 2.